The van der Waals surface area contributed by atoms with Gasteiger partial charge < -0.3 is 5.32 Å². The number of para-hydroxylation sites is 1. The maximum atomic E-state index is 12.2. The van der Waals surface area contributed by atoms with Gasteiger partial charge in [-0.25, -0.2) is 0 Å². The molecular weight excluding hydrogens is 250 g/mol. The first kappa shape index (κ1) is 13.3. The Kier molecular flexibility index (Phi) is 3.89. The van der Waals surface area contributed by atoms with E-state index in [1.165, 1.54) is 4.31 Å². The Balaban J connectivity index is 2.14. The van der Waals surface area contributed by atoms with E-state index in [9.17, 15) is 8.42 Å². The van der Waals surface area contributed by atoms with Crippen molar-refractivity contribution in [1.82, 2.24) is 9.62 Å². The highest BCUT2D eigenvalue weighted by molar-refractivity contribution is 7.90. The summed E-state index contributed by atoms with van der Waals surface area (Å²) in [5.41, 5.74) is 1.56. The van der Waals surface area contributed by atoms with E-state index < -0.39 is 10.2 Å². The van der Waals surface area contributed by atoms with Gasteiger partial charge in [-0.3, -0.25) is 4.72 Å². The first-order valence-electron chi connectivity index (χ1n) is 6.06. The number of nitrogens with zero attached hydrogens (tertiary/aromatic N) is 1. The minimum absolute atomic E-state index is 0.187. The van der Waals surface area contributed by atoms with Gasteiger partial charge in [0.1, 0.15) is 0 Å². The fraction of sp³-hybridized carbons (Fsp3) is 0.500. The predicted molar refractivity (Wildman–Crippen MR) is 72.8 cm³/mol. The zero-order valence-corrected chi connectivity index (χ0v) is 11.5. The number of benzene rings is 1. The Morgan fingerprint density at radius 1 is 1.39 bits per heavy atom. The van der Waals surface area contributed by atoms with Crippen LogP contribution in [0.15, 0.2) is 24.3 Å². The van der Waals surface area contributed by atoms with Gasteiger partial charge in [0.15, 0.2) is 0 Å². The third-order valence-electron chi connectivity index (χ3n) is 3.06. The lowest BCUT2D eigenvalue weighted by Gasteiger charge is -2.31. The predicted octanol–water partition coefficient (Wildman–Crippen LogP) is 0.945. The highest BCUT2D eigenvalue weighted by Crippen LogP contribution is 2.17. The van der Waals surface area contributed by atoms with E-state index in [1.54, 1.807) is 6.07 Å². The molecule has 2 rings (SSSR count). The quantitative estimate of drug-likeness (QED) is 0.858. The molecule has 0 unspecified atom stereocenters. The lowest BCUT2D eigenvalue weighted by molar-refractivity contribution is 0.312. The third-order valence-corrected chi connectivity index (χ3v) is 4.54. The van der Waals surface area contributed by atoms with Gasteiger partial charge in [0.2, 0.25) is 0 Å². The molecule has 5 nitrogen and oxygen atoms in total. The molecule has 1 atom stereocenters. The third kappa shape index (κ3) is 3.01. The van der Waals surface area contributed by atoms with E-state index >= 15 is 0 Å². The Morgan fingerprint density at radius 3 is 2.78 bits per heavy atom. The number of nitrogens with one attached hydrogen (secondary N) is 2. The van der Waals surface area contributed by atoms with Gasteiger partial charge in [0, 0.05) is 25.7 Å². The van der Waals surface area contributed by atoms with Crippen LogP contribution in [-0.2, 0) is 10.2 Å². The van der Waals surface area contributed by atoms with Crippen molar-refractivity contribution in [3.05, 3.63) is 29.8 Å². The van der Waals surface area contributed by atoms with Gasteiger partial charge in [-0.05, 0) is 25.5 Å². The molecule has 0 saturated carbocycles. The first-order chi connectivity index (χ1) is 8.49. The summed E-state index contributed by atoms with van der Waals surface area (Å²) >= 11 is 0. The van der Waals surface area contributed by atoms with Gasteiger partial charge >= 0.3 is 10.2 Å². The minimum atomic E-state index is -3.45. The van der Waals surface area contributed by atoms with Crippen molar-refractivity contribution in [1.29, 1.82) is 0 Å². The summed E-state index contributed by atoms with van der Waals surface area (Å²) in [6.45, 7) is 5.57. The molecule has 1 aromatic carbocycles. The molecule has 0 amide bonds. The first-order valence-corrected chi connectivity index (χ1v) is 7.50. The SMILES string of the molecule is Cc1ccccc1NS(=O)(=O)N1CCN[C@H](C)C1. The maximum absolute atomic E-state index is 12.2. The van der Waals surface area contributed by atoms with Crippen LogP contribution in [0.25, 0.3) is 0 Å². The fourth-order valence-electron chi connectivity index (χ4n) is 2.01. The second kappa shape index (κ2) is 5.26. The smallest absolute Gasteiger partial charge is 0.301 e. The van der Waals surface area contributed by atoms with Crippen LogP contribution in [0.3, 0.4) is 0 Å². The molecule has 2 N–H and O–H groups in total. The topological polar surface area (TPSA) is 61.4 Å². The van der Waals surface area contributed by atoms with E-state index in [-0.39, 0.29) is 6.04 Å². The lowest BCUT2D eigenvalue weighted by atomic mass is 10.2. The molecule has 6 heteroatoms. The van der Waals surface area contributed by atoms with Crippen LogP contribution in [0.5, 0.6) is 0 Å². The molecule has 1 aromatic rings. The average Bonchev–Trinajstić information content (AvgIpc) is 2.32. The van der Waals surface area contributed by atoms with Crippen molar-refractivity contribution in [2.75, 3.05) is 24.4 Å². The van der Waals surface area contributed by atoms with Crippen LogP contribution < -0.4 is 10.0 Å². The summed E-state index contributed by atoms with van der Waals surface area (Å²) in [4.78, 5) is 0. The molecule has 1 aliphatic heterocycles. The Morgan fingerprint density at radius 2 is 2.11 bits per heavy atom. The molecular formula is C12H19N3O2S. The van der Waals surface area contributed by atoms with Crippen LogP contribution in [0.4, 0.5) is 5.69 Å². The molecule has 0 radical (unpaired) electrons. The van der Waals surface area contributed by atoms with Crippen molar-refractivity contribution in [3.8, 4) is 0 Å². The molecule has 0 aliphatic carbocycles. The lowest BCUT2D eigenvalue weighted by Crippen LogP contribution is -2.52. The zero-order valence-electron chi connectivity index (χ0n) is 10.7. The monoisotopic (exact) mass is 269 g/mol. The van der Waals surface area contributed by atoms with Crippen molar-refractivity contribution in [2.24, 2.45) is 0 Å². The summed E-state index contributed by atoms with van der Waals surface area (Å²) < 4.78 is 28.6. The van der Waals surface area contributed by atoms with E-state index in [1.807, 2.05) is 32.0 Å². The number of piperazine rings is 1. The molecule has 18 heavy (non-hydrogen) atoms. The molecule has 1 aliphatic rings. The van der Waals surface area contributed by atoms with Gasteiger partial charge in [0.05, 0.1) is 5.69 Å². The molecule has 1 saturated heterocycles. The van der Waals surface area contributed by atoms with E-state index in [4.69, 9.17) is 0 Å². The molecule has 1 heterocycles. The summed E-state index contributed by atoms with van der Waals surface area (Å²) in [6.07, 6.45) is 0. The van der Waals surface area contributed by atoms with E-state index in [0.717, 1.165) is 5.56 Å². The Hall–Kier alpha value is -1.11. The van der Waals surface area contributed by atoms with E-state index in [2.05, 4.69) is 10.0 Å². The van der Waals surface area contributed by atoms with Gasteiger partial charge in [-0.1, -0.05) is 18.2 Å². The van der Waals surface area contributed by atoms with E-state index in [0.29, 0.717) is 25.3 Å². The number of rotatable bonds is 3. The maximum Gasteiger partial charge on any atom is 0.301 e. The number of hydrogen-bond acceptors (Lipinski definition) is 3. The number of anilines is 1. The van der Waals surface area contributed by atoms with Gasteiger partial charge in [0.25, 0.3) is 0 Å². The summed E-state index contributed by atoms with van der Waals surface area (Å²) in [7, 11) is -3.45. The molecule has 100 valence electrons. The summed E-state index contributed by atoms with van der Waals surface area (Å²) in [6, 6.07) is 7.56. The molecule has 0 bridgehead atoms. The largest absolute Gasteiger partial charge is 0.312 e. The molecule has 0 aromatic heterocycles. The fourth-order valence-corrected chi connectivity index (χ4v) is 3.39. The normalized spacial score (nSPS) is 21.8. The second-order valence-electron chi connectivity index (χ2n) is 4.64. The number of aryl methyl sites for hydroxylation is 1. The van der Waals surface area contributed by atoms with Crippen molar-refractivity contribution < 1.29 is 8.42 Å². The van der Waals surface area contributed by atoms with Crippen LogP contribution >= 0.6 is 0 Å². The van der Waals surface area contributed by atoms with Crippen molar-refractivity contribution in [2.45, 2.75) is 19.9 Å². The average molecular weight is 269 g/mol. The standard InChI is InChI=1S/C12H19N3O2S/c1-10-5-3-4-6-12(10)14-18(16,17)15-8-7-13-11(2)9-15/h3-6,11,13-14H,7-9H2,1-2H3/t11-/m1/s1. The van der Waals surface area contributed by atoms with Gasteiger partial charge in [-0.2, -0.15) is 12.7 Å². The highest BCUT2D eigenvalue weighted by Gasteiger charge is 2.26. The second-order valence-corrected chi connectivity index (χ2v) is 6.31. The number of hydrogen-bond donors (Lipinski definition) is 2. The molecule has 0 spiro atoms. The van der Waals surface area contributed by atoms with Crippen molar-refractivity contribution in [3.63, 3.8) is 0 Å². The Labute approximate surface area is 108 Å². The van der Waals surface area contributed by atoms with Crippen LogP contribution in [-0.4, -0.2) is 38.4 Å². The summed E-state index contributed by atoms with van der Waals surface area (Å²) in [5, 5.41) is 3.23. The van der Waals surface area contributed by atoms with Crippen molar-refractivity contribution >= 4 is 15.9 Å². The highest BCUT2D eigenvalue weighted by atomic mass is 32.2. The zero-order chi connectivity index (χ0) is 13.2. The Bertz CT molecular complexity index is 516. The van der Waals surface area contributed by atoms with Crippen LogP contribution in [0, 0.1) is 6.92 Å². The van der Waals surface area contributed by atoms with Gasteiger partial charge in [-0.15, -0.1) is 0 Å². The molecule has 1 fully saturated rings. The minimum Gasteiger partial charge on any atom is -0.312 e. The summed E-state index contributed by atoms with van der Waals surface area (Å²) in [5.74, 6) is 0. The van der Waals surface area contributed by atoms with Crippen LogP contribution in [0.2, 0.25) is 0 Å². The van der Waals surface area contributed by atoms with Crippen LogP contribution in [0.1, 0.15) is 12.5 Å².